The third-order valence-corrected chi connectivity index (χ3v) is 8.09. The minimum atomic E-state index is -0.384. The van der Waals surface area contributed by atoms with Crippen molar-refractivity contribution in [3.63, 3.8) is 0 Å². The van der Waals surface area contributed by atoms with E-state index in [1.807, 2.05) is 48.5 Å². The van der Waals surface area contributed by atoms with Crippen LogP contribution in [0.2, 0.25) is 0 Å². The van der Waals surface area contributed by atoms with Gasteiger partial charge in [0, 0.05) is 0 Å². The van der Waals surface area contributed by atoms with Crippen LogP contribution in [-0.2, 0) is 13.1 Å². The molecule has 43 heavy (non-hydrogen) atoms. The molecule has 0 N–H and O–H groups in total. The van der Waals surface area contributed by atoms with Crippen LogP contribution in [0, 0.1) is 0 Å². The first-order valence-electron chi connectivity index (χ1n) is 14.5. The van der Waals surface area contributed by atoms with Crippen LogP contribution in [0.15, 0.2) is 84.9 Å². The van der Waals surface area contributed by atoms with Crippen molar-refractivity contribution in [3.8, 4) is 11.5 Å². The van der Waals surface area contributed by atoms with E-state index in [-0.39, 0.29) is 47.8 Å². The van der Waals surface area contributed by atoms with Crippen molar-refractivity contribution in [3.05, 3.63) is 129 Å². The monoisotopic (exact) mass is 572 g/mol. The lowest BCUT2D eigenvalue weighted by Crippen LogP contribution is -2.29. The highest BCUT2D eigenvalue weighted by molar-refractivity contribution is 6.22. The average Bonchev–Trinajstić information content (AvgIpc) is 3.37. The number of ether oxygens (including phenoxy) is 1. The lowest BCUT2D eigenvalue weighted by molar-refractivity contribution is 0.0627. The van der Waals surface area contributed by atoms with Crippen LogP contribution in [0.3, 0.4) is 0 Å². The Morgan fingerprint density at radius 1 is 0.488 bits per heavy atom. The molecule has 0 bridgehead atoms. The van der Waals surface area contributed by atoms with Gasteiger partial charge in [-0.1, -0.05) is 76.2 Å². The molecular formula is C36H32N2O5. The maximum atomic E-state index is 13.2. The number of fused-ring (bicyclic) bond motifs is 2. The normalized spacial score (nSPS) is 14.3. The second kappa shape index (κ2) is 11.0. The van der Waals surface area contributed by atoms with Crippen molar-refractivity contribution >= 4 is 23.6 Å². The lowest BCUT2D eigenvalue weighted by Gasteiger charge is -2.14. The molecule has 0 unspecified atom stereocenters. The number of imide groups is 2. The molecule has 0 aliphatic carbocycles. The van der Waals surface area contributed by atoms with Gasteiger partial charge < -0.3 is 4.74 Å². The Balaban J connectivity index is 1.17. The van der Waals surface area contributed by atoms with Gasteiger partial charge in [0.15, 0.2) is 0 Å². The van der Waals surface area contributed by atoms with Crippen LogP contribution in [0.5, 0.6) is 11.5 Å². The number of hydrogen-bond donors (Lipinski definition) is 0. The first-order chi connectivity index (χ1) is 20.6. The van der Waals surface area contributed by atoms with Gasteiger partial charge in [-0.3, -0.25) is 29.0 Å². The van der Waals surface area contributed by atoms with E-state index in [1.54, 1.807) is 36.4 Å². The Morgan fingerprint density at radius 3 is 1.19 bits per heavy atom. The summed E-state index contributed by atoms with van der Waals surface area (Å²) in [7, 11) is 0. The van der Waals surface area contributed by atoms with Crippen LogP contribution in [0.25, 0.3) is 0 Å². The predicted octanol–water partition coefficient (Wildman–Crippen LogP) is 7.32. The Morgan fingerprint density at radius 2 is 0.837 bits per heavy atom. The third-order valence-electron chi connectivity index (χ3n) is 8.09. The number of benzene rings is 4. The second-order valence-electron chi connectivity index (χ2n) is 11.7. The van der Waals surface area contributed by atoms with Gasteiger partial charge in [-0.25, -0.2) is 0 Å². The molecular weight excluding hydrogens is 540 g/mol. The largest absolute Gasteiger partial charge is 0.457 e. The minimum Gasteiger partial charge on any atom is -0.457 e. The molecule has 4 amide bonds. The summed E-state index contributed by atoms with van der Waals surface area (Å²) in [6, 6.07) is 25.3. The number of amides is 4. The van der Waals surface area contributed by atoms with Gasteiger partial charge in [0.1, 0.15) is 11.5 Å². The summed E-state index contributed by atoms with van der Waals surface area (Å²) in [5, 5.41) is 0. The lowest BCUT2D eigenvalue weighted by atomic mass is 10.0. The minimum absolute atomic E-state index is 0.181. The van der Waals surface area contributed by atoms with Gasteiger partial charge in [-0.05, 0) is 70.5 Å². The van der Waals surface area contributed by atoms with E-state index in [4.69, 9.17) is 4.74 Å². The molecule has 0 atom stereocenters. The Labute approximate surface area is 250 Å². The summed E-state index contributed by atoms with van der Waals surface area (Å²) in [6.07, 6.45) is 0. The van der Waals surface area contributed by atoms with Crippen molar-refractivity contribution in [2.75, 3.05) is 0 Å². The Hall–Kier alpha value is -5.04. The molecule has 4 aromatic carbocycles. The number of carbonyl (C=O) groups excluding carboxylic acids is 4. The van der Waals surface area contributed by atoms with Crippen molar-refractivity contribution in [2.24, 2.45) is 0 Å². The molecule has 2 heterocycles. The molecule has 216 valence electrons. The molecule has 0 spiro atoms. The van der Waals surface area contributed by atoms with E-state index in [0.717, 1.165) is 11.1 Å². The zero-order valence-corrected chi connectivity index (χ0v) is 24.6. The Kier molecular flexibility index (Phi) is 7.18. The van der Waals surface area contributed by atoms with Gasteiger partial charge in [0.25, 0.3) is 23.6 Å². The third kappa shape index (κ3) is 5.23. The molecule has 0 radical (unpaired) electrons. The summed E-state index contributed by atoms with van der Waals surface area (Å²) < 4.78 is 6.01. The molecule has 0 aromatic heterocycles. The van der Waals surface area contributed by atoms with Crippen molar-refractivity contribution < 1.29 is 23.9 Å². The molecule has 6 rings (SSSR count). The SMILES string of the molecule is CC(C)c1ccc(CN2C(=O)c3ccc(Oc4ccc5c(c4)C(=O)N(Cc4ccc(C(C)C)cc4)C5=O)cc3C2=O)cc1. The maximum Gasteiger partial charge on any atom is 0.262 e. The quantitative estimate of drug-likeness (QED) is 0.207. The molecule has 4 aromatic rings. The number of hydrogen-bond acceptors (Lipinski definition) is 5. The number of carbonyl (C=O) groups is 4. The van der Waals surface area contributed by atoms with Gasteiger partial charge in [-0.2, -0.15) is 0 Å². The standard InChI is InChI=1S/C36H32N2O5/c1-21(2)25-9-5-23(6-10-25)19-37-33(39)29-15-13-27(17-31(29)35(37)41)43-28-14-16-30-32(18-28)36(42)38(34(30)40)20-24-7-11-26(12-8-24)22(3)4/h5-18,21-22H,19-20H2,1-4H3. The van der Waals surface area contributed by atoms with Crippen LogP contribution >= 0.6 is 0 Å². The first-order valence-corrected chi connectivity index (χ1v) is 14.5. The number of rotatable bonds is 8. The molecule has 0 fully saturated rings. The van der Waals surface area contributed by atoms with Crippen molar-refractivity contribution in [1.29, 1.82) is 0 Å². The second-order valence-corrected chi connectivity index (χ2v) is 11.7. The molecule has 2 aliphatic rings. The summed E-state index contributed by atoms with van der Waals surface area (Å²) in [5.74, 6) is 0.0178. The van der Waals surface area contributed by atoms with Crippen LogP contribution in [0.1, 0.15) is 103 Å². The zero-order chi connectivity index (χ0) is 30.4. The average molecular weight is 573 g/mol. The first kappa shape index (κ1) is 28.1. The highest BCUT2D eigenvalue weighted by atomic mass is 16.5. The van der Waals surface area contributed by atoms with E-state index in [9.17, 15) is 19.2 Å². The predicted molar refractivity (Wildman–Crippen MR) is 162 cm³/mol. The molecule has 7 nitrogen and oxygen atoms in total. The van der Waals surface area contributed by atoms with E-state index in [1.165, 1.54) is 20.9 Å². The van der Waals surface area contributed by atoms with E-state index >= 15 is 0 Å². The fourth-order valence-electron chi connectivity index (χ4n) is 5.47. The molecule has 7 heteroatoms. The van der Waals surface area contributed by atoms with Crippen LogP contribution in [-0.4, -0.2) is 33.4 Å². The van der Waals surface area contributed by atoms with Crippen molar-refractivity contribution in [2.45, 2.75) is 52.6 Å². The smallest absolute Gasteiger partial charge is 0.262 e. The van der Waals surface area contributed by atoms with Crippen LogP contribution < -0.4 is 4.74 Å². The molecule has 0 saturated carbocycles. The van der Waals surface area contributed by atoms with Crippen molar-refractivity contribution in [1.82, 2.24) is 9.80 Å². The fraction of sp³-hybridized carbons (Fsp3) is 0.222. The van der Waals surface area contributed by atoms with Gasteiger partial charge in [0.2, 0.25) is 0 Å². The zero-order valence-electron chi connectivity index (χ0n) is 24.6. The van der Waals surface area contributed by atoms with Gasteiger partial charge in [-0.15, -0.1) is 0 Å². The van der Waals surface area contributed by atoms with E-state index < -0.39 is 0 Å². The summed E-state index contributed by atoms with van der Waals surface area (Å²) in [5.41, 5.74) is 5.30. The Bertz CT molecular complexity index is 1640. The summed E-state index contributed by atoms with van der Waals surface area (Å²) in [4.78, 5) is 55.0. The fourth-order valence-corrected chi connectivity index (χ4v) is 5.47. The highest BCUT2D eigenvalue weighted by Crippen LogP contribution is 2.33. The van der Waals surface area contributed by atoms with E-state index in [2.05, 4.69) is 27.7 Å². The van der Waals surface area contributed by atoms with Crippen LogP contribution in [0.4, 0.5) is 0 Å². The summed E-state index contributed by atoms with van der Waals surface area (Å²) in [6.45, 7) is 8.81. The van der Waals surface area contributed by atoms with Gasteiger partial charge >= 0.3 is 0 Å². The highest BCUT2D eigenvalue weighted by Gasteiger charge is 2.37. The maximum absolute atomic E-state index is 13.2. The topological polar surface area (TPSA) is 84.0 Å². The number of nitrogens with zero attached hydrogens (tertiary/aromatic N) is 2. The molecule has 2 aliphatic heterocycles. The van der Waals surface area contributed by atoms with Gasteiger partial charge in [0.05, 0.1) is 35.3 Å². The van der Waals surface area contributed by atoms with E-state index in [0.29, 0.717) is 34.5 Å². The molecule has 0 saturated heterocycles. The summed E-state index contributed by atoms with van der Waals surface area (Å²) >= 11 is 0.